The highest BCUT2D eigenvalue weighted by atomic mass is 16.2. The number of aromatic amines is 1. The van der Waals surface area contributed by atoms with Crippen molar-refractivity contribution in [3.05, 3.63) is 57.3 Å². The van der Waals surface area contributed by atoms with Gasteiger partial charge in [-0.15, -0.1) is 0 Å². The van der Waals surface area contributed by atoms with Gasteiger partial charge in [-0.2, -0.15) is 0 Å². The van der Waals surface area contributed by atoms with Crippen molar-refractivity contribution < 1.29 is 4.79 Å². The molecule has 10 nitrogen and oxygen atoms in total. The van der Waals surface area contributed by atoms with Crippen LogP contribution in [0, 0.1) is 0 Å². The fourth-order valence-electron chi connectivity index (χ4n) is 3.18. The zero-order valence-electron chi connectivity index (χ0n) is 15.5. The van der Waals surface area contributed by atoms with Gasteiger partial charge in [0.05, 0.1) is 17.4 Å². The minimum atomic E-state index is -0.580. The van der Waals surface area contributed by atoms with Crippen molar-refractivity contribution in [3.8, 4) is 0 Å². The summed E-state index contributed by atoms with van der Waals surface area (Å²) in [5.41, 5.74) is 1.25. The molecule has 2 N–H and O–H groups in total. The molecule has 0 saturated heterocycles. The molecule has 0 radical (unpaired) electrons. The van der Waals surface area contributed by atoms with Crippen molar-refractivity contribution in [3.63, 3.8) is 0 Å². The van der Waals surface area contributed by atoms with Crippen molar-refractivity contribution in [1.82, 2.24) is 34.0 Å². The van der Waals surface area contributed by atoms with Crippen LogP contribution in [-0.2, 0) is 31.9 Å². The topological polar surface area (TPSA) is 120 Å². The molecule has 3 aromatic heterocycles. The van der Waals surface area contributed by atoms with Crippen LogP contribution in [0.5, 0.6) is 0 Å². The van der Waals surface area contributed by atoms with E-state index in [-0.39, 0.29) is 12.1 Å². The van der Waals surface area contributed by atoms with Crippen molar-refractivity contribution in [2.24, 2.45) is 14.1 Å². The first-order chi connectivity index (χ1) is 13.5. The number of amides is 1. The summed E-state index contributed by atoms with van der Waals surface area (Å²) in [6, 6.07) is 7.67. The number of fused-ring (bicyclic) bond motifs is 2. The molecule has 0 aliphatic rings. The molecular weight excluding hydrogens is 362 g/mol. The second kappa shape index (κ2) is 6.80. The Morgan fingerprint density at radius 1 is 1.21 bits per heavy atom. The highest BCUT2D eigenvalue weighted by Gasteiger charge is 2.16. The first kappa shape index (κ1) is 17.7. The lowest BCUT2D eigenvalue weighted by molar-refractivity contribution is -0.121. The molecule has 0 unspecified atom stereocenters. The van der Waals surface area contributed by atoms with Crippen LogP contribution >= 0.6 is 0 Å². The van der Waals surface area contributed by atoms with Gasteiger partial charge in [-0.1, -0.05) is 12.1 Å². The van der Waals surface area contributed by atoms with Crippen molar-refractivity contribution in [2.75, 3.05) is 6.54 Å². The van der Waals surface area contributed by atoms with E-state index in [0.717, 1.165) is 21.4 Å². The van der Waals surface area contributed by atoms with E-state index >= 15 is 0 Å². The normalized spacial score (nSPS) is 11.4. The van der Waals surface area contributed by atoms with Gasteiger partial charge in [0, 0.05) is 27.1 Å². The average molecular weight is 381 g/mol. The SMILES string of the molecule is Cn1cnc2c1c(=O)n(CC(=O)NCCc1nc3ccccc3[nH]1)c(=O)n2C. The zero-order chi connectivity index (χ0) is 19.8. The number of H-pyrrole nitrogens is 1. The number of nitrogens with zero attached hydrogens (tertiary/aromatic N) is 5. The van der Waals surface area contributed by atoms with Crippen LogP contribution in [0.2, 0.25) is 0 Å². The van der Waals surface area contributed by atoms with Crippen LogP contribution in [0.3, 0.4) is 0 Å². The van der Waals surface area contributed by atoms with Crippen molar-refractivity contribution in [1.29, 1.82) is 0 Å². The predicted octanol–water partition coefficient (Wildman–Crippen LogP) is -0.331. The summed E-state index contributed by atoms with van der Waals surface area (Å²) in [6.45, 7) is -0.0194. The van der Waals surface area contributed by atoms with Crippen molar-refractivity contribution >= 4 is 28.1 Å². The number of hydrogen-bond donors (Lipinski definition) is 2. The van der Waals surface area contributed by atoms with E-state index < -0.39 is 17.2 Å². The number of rotatable bonds is 5. The number of carbonyl (C=O) groups excluding carboxylic acids is 1. The number of para-hydroxylation sites is 2. The molecule has 28 heavy (non-hydrogen) atoms. The largest absolute Gasteiger partial charge is 0.354 e. The molecule has 0 saturated carbocycles. The molecule has 10 heteroatoms. The third kappa shape index (κ3) is 2.98. The van der Waals surface area contributed by atoms with E-state index in [1.165, 1.54) is 22.5 Å². The average Bonchev–Trinajstić information content (AvgIpc) is 3.26. The van der Waals surface area contributed by atoms with Crippen LogP contribution in [0.4, 0.5) is 0 Å². The predicted molar refractivity (Wildman–Crippen MR) is 103 cm³/mol. The minimum absolute atomic E-state index is 0.275. The van der Waals surface area contributed by atoms with Gasteiger partial charge in [0.2, 0.25) is 5.91 Å². The number of aryl methyl sites for hydroxylation is 2. The smallest absolute Gasteiger partial charge is 0.332 e. The third-order valence-electron chi connectivity index (χ3n) is 4.63. The highest BCUT2D eigenvalue weighted by molar-refractivity contribution is 5.77. The number of benzene rings is 1. The molecule has 4 aromatic rings. The summed E-state index contributed by atoms with van der Waals surface area (Å²) in [7, 11) is 3.19. The maximum Gasteiger partial charge on any atom is 0.332 e. The second-order valence-electron chi connectivity index (χ2n) is 6.56. The van der Waals surface area contributed by atoms with Gasteiger partial charge >= 0.3 is 5.69 Å². The third-order valence-corrected chi connectivity index (χ3v) is 4.63. The van der Waals surface area contributed by atoms with Gasteiger partial charge in [0.1, 0.15) is 12.4 Å². The number of imidazole rings is 2. The second-order valence-corrected chi connectivity index (χ2v) is 6.56. The van der Waals surface area contributed by atoms with Crippen LogP contribution < -0.4 is 16.6 Å². The maximum atomic E-state index is 12.6. The molecule has 1 aromatic carbocycles. The Kier molecular flexibility index (Phi) is 4.30. The Morgan fingerprint density at radius 2 is 2.00 bits per heavy atom. The van der Waals surface area contributed by atoms with Crippen LogP contribution in [0.1, 0.15) is 5.82 Å². The number of carbonyl (C=O) groups is 1. The van der Waals surface area contributed by atoms with Gasteiger partial charge in [-0.25, -0.2) is 19.3 Å². The quantitative estimate of drug-likeness (QED) is 0.491. The Balaban J connectivity index is 1.47. The lowest BCUT2D eigenvalue weighted by Crippen LogP contribution is -2.43. The Morgan fingerprint density at radius 3 is 2.79 bits per heavy atom. The van der Waals surface area contributed by atoms with E-state index in [2.05, 4.69) is 20.3 Å². The number of hydrogen-bond acceptors (Lipinski definition) is 5. The lowest BCUT2D eigenvalue weighted by atomic mass is 10.3. The molecule has 0 spiro atoms. The van der Waals surface area contributed by atoms with Crippen LogP contribution in [0.15, 0.2) is 40.2 Å². The monoisotopic (exact) mass is 381 g/mol. The van der Waals surface area contributed by atoms with E-state index in [9.17, 15) is 14.4 Å². The van der Waals surface area contributed by atoms with Gasteiger partial charge in [0.15, 0.2) is 11.2 Å². The van der Waals surface area contributed by atoms with Crippen LogP contribution in [-0.4, -0.2) is 41.1 Å². The molecule has 1 amide bonds. The molecule has 4 rings (SSSR count). The molecule has 0 bridgehead atoms. The van der Waals surface area contributed by atoms with E-state index in [4.69, 9.17) is 0 Å². The maximum absolute atomic E-state index is 12.6. The molecule has 0 fully saturated rings. The lowest BCUT2D eigenvalue weighted by Gasteiger charge is -2.09. The standard InChI is InChI=1S/C18H19N7O3/c1-23-10-20-16-15(23)17(27)25(18(28)24(16)2)9-14(26)19-8-7-13-21-11-5-3-4-6-12(11)22-13/h3-6,10H,7-9H2,1-2H3,(H,19,26)(H,21,22). The van der Waals surface area contributed by atoms with Crippen molar-refractivity contribution in [2.45, 2.75) is 13.0 Å². The Labute approximate surface area is 158 Å². The molecule has 3 heterocycles. The summed E-state index contributed by atoms with van der Waals surface area (Å²) in [5, 5.41) is 2.73. The first-order valence-corrected chi connectivity index (χ1v) is 8.77. The fraction of sp³-hybridized carbons (Fsp3) is 0.278. The summed E-state index contributed by atoms with van der Waals surface area (Å²) >= 11 is 0. The highest BCUT2D eigenvalue weighted by Crippen LogP contribution is 2.10. The number of nitrogens with one attached hydrogen (secondary N) is 2. The molecule has 144 valence electrons. The first-order valence-electron chi connectivity index (χ1n) is 8.77. The molecule has 0 aliphatic carbocycles. The van der Waals surface area contributed by atoms with Gasteiger partial charge in [-0.05, 0) is 12.1 Å². The van der Waals surface area contributed by atoms with E-state index in [0.29, 0.717) is 18.6 Å². The fourth-order valence-corrected chi connectivity index (χ4v) is 3.18. The molecule has 0 atom stereocenters. The minimum Gasteiger partial charge on any atom is -0.354 e. The summed E-state index contributed by atoms with van der Waals surface area (Å²) in [6.07, 6.45) is 1.97. The van der Waals surface area contributed by atoms with Gasteiger partial charge < -0.3 is 14.9 Å². The zero-order valence-corrected chi connectivity index (χ0v) is 15.5. The Bertz CT molecular complexity index is 1280. The van der Waals surface area contributed by atoms with E-state index in [1.807, 2.05) is 24.3 Å². The number of aromatic nitrogens is 6. The van der Waals surface area contributed by atoms with Crippen LogP contribution in [0.25, 0.3) is 22.2 Å². The Hall–Kier alpha value is -3.69. The van der Waals surface area contributed by atoms with Gasteiger partial charge in [-0.3, -0.25) is 14.2 Å². The van der Waals surface area contributed by atoms with E-state index in [1.54, 1.807) is 7.05 Å². The molecular formula is C18H19N7O3. The summed E-state index contributed by atoms with van der Waals surface area (Å²) < 4.78 is 3.71. The summed E-state index contributed by atoms with van der Waals surface area (Å²) in [5.74, 6) is 0.336. The van der Waals surface area contributed by atoms with Gasteiger partial charge in [0.25, 0.3) is 5.56 Å². The summed E-state index contributed by atoms with van der Waals surface area (Å²) in [4.78, 5) is 49.0. The molecule has 0 aliphatic heterocycles.